The number of hydrogen-bond acceptors (Lipinski definition) is 1. The van der Waals surface area contributed by atoms with E-state index in [1.54, 1.807) is 6.20 Å². The first-order chi connectivity index (χ1) is 4.63. The summed E-state index contributed by atoms with van der Waals surface area (Å²) in [7, 11) is 0. The third-order valence-corrected chi connectivity index (χ3v) is 2.73. The summed E-state index contributed by atoms with van der Waals surface area (Å²) in [4.78, 5) is 3.56. The molecule has 0 N–H and O–H groups in total. The van der Waals surface area contributed by atoms with Gasteiger partial charge in [-0.25, -0.2) is 0 Å². The Balaban J connectivity index is 3.34. The van der Waals surface area contributed by atoms with Crippen molar-refractivity contribution >= 4 is 44.5 Å². The van der Waals surface area contributed by atoms with Crippen LogP contribution in [0.25, 0.3) is 0 Å². The van der Waals surface area contributed by atoms with E-state index in [-0.39, 0.29) is 5.95 Å². The minimum absolute atomic E-state index is 0.372. The first-order valence-electron chi connectivity index (χ1n) is 2.90. The summed E-state index contributed by atoms with van der Waals surface area (Å²) in [5.74, 6) is -0.372. The molecule has 1 aromatic heterocycles. The van der Waals surface area contributed by atoms with Crippen molar-refractivity contribution in [3.63, 3.8) is 0 Å². The van der Waals surface area contributed by atoms with Gasteiger partial charge in [-0.1, -0.05) is 0 Å². The van der Waals surface area contributed by atoms with E-state index in [9.17, 15) is 4.39 Å². The molecule has 4 heteroatoms. The zero-order chi connectivity index (χ0) is 7.72. The van der Waals surface area contributed by atoms with E-state index in [2.05, 4.69) is 4.98 Å². The SMILES string of the molecule is [Li][c]1c(C)cnc(F)c1I. The molecule has 0 atom stereocenters. The van der Waals surface area contributed by atoms with Crippen LogP contribution in [0.3, 0.4) is 0 Å². The summed E-state index contributed by atoms with van der Waals surface area (Å²) in [6.45, 7) is 1.92. The van der Waals surface area contributed by atoms with Crippen LogP contribution in [0.4, 0.5) is 4.39 Å². The van der Waals surface area contributed by atoms with Crippen molar-refractivity contribution in [1.29, 1.82) is 0 Å². The van der Waals surface area contributed by atoms with Gasteiger partial charge in [0.25, 0.3) is 0 Å². The van der Waals surface area contributed by atoms with Crippen LogP contribution >= 0.6 is 22.6 Å². The third-order valence-electron chi connectivity index (χ3n) is 1.47. The molecule has 0 saturated carbocycles. The predicted octanol–water partition coefficient (Wildman–Crippen LogP) is 0.928. The summed E-state index contributed by atoms with van der Waals surface area (Å²) in [5.41, 5.74) is 1.03. The van der Waals surface area contributed by atoms with Crippen molar-refractivity contribution in [2.45, 2.75) is 6.92 Å². The minimum atomic E-state index is -0.372. The quantitative estimate of drug-likeness (QED) is 0.375. The van der Waals surface area contributed by atoms with Crippen molar-refractivity contribution in [2.24, 2.45) is 0 Å². The Morgan fingerprint density at radius 3 is 2.80 bits per heavy atom. The molecular weight excluding hydrogens is 239 g/mol. The Morgan fingerprint density at radius 1 is 1.70 bits per heavy atom. The number of halogens is 2. The Labute approximate surface area is 81.8 Å². The molecule has 0 aliphatic heterocycles. The standard InChI is InChI=1S/C6H4FIN.Li/c1-4-2-5(8)6(7)9-3-4;/h3H,1H3;. The Morgan fingerprint density at radius 2 is 2.30 bits per heavy atom. The van der Waals surface area contributed by atoms with Gasteiger partial charge in [-0.2, -0.15) is 0 Å². The molecule has 0 aromatic carbocycles. The van der Waals surface area contributed by atoms with Crippen molar-refractivity contribution in [2.75, 3.05) is 0 Å². The number of rotatable bonds is 0. The predicted molar refractivity (Wildman–Crippen MR) is 47.0 cm³/mol. The summed E-state index contributed by atoms with van der Waals surface area (Å²) in [6, 6.07) is 0. The van der Waals surface area contributed by atoms with E-state index in [0.717, 1.165) is 9.80 Å². The molecule has 0 aliphatic carbocycles. The van der Waals surface area contributed by atoms with Crippen LogP contribution in [0.15, 0.2) is 6.20 Å². The van der Waals surface area contributed by atoms with E-state index in [1.807, 2.05) is 47.2 Å². The maximum atomic E-state index is 12.6. The van der Waals surface area contributed by atoms with Gasteiger partial charge >= 0.3 is 82.1 Å². The van der Waals surface area contributed by atoms with E-state index >= 15 is 0 Å². The maximum absolute atomic E-state index is 12.6. The second-order valence-electron chi connectivity index (χ2n) is 2.17. The van der Waals surface area contributed by atoms with Crippen molar-refractivity contribution in [1.82, 2.24) is 4.98 Å². The van der Waals surface area contributed by atoms with E-state index < -0.39 is 0 Å². The Kier molecular flexibility index (Phi) is 2.72. The van der Waals surface area contributed by atoms with Crippen LogP contribution in [0.1, 0.15) is 5.56 Å². The molecule has 0 bridgehead atoms. The fraction of sp³-hybridized carbons (Fsp3) is 0.167. The summed E-state index contributed by atoms with van der Waals surface area (Å²) < 4.78 is 14.2. The molecule has 1 nitrogen and oxygen atoms in total. The average Bonchev–Trinajstić information content (AvgIpc) is 1.93. The zero-order valence-corrected chi connectivity index (χ0v) is 7.94. The van der Waals surface area contributed by atoms with Crippen molar-refractivity contribution in [3.05, 3.63) is 21.3 Å². The summed E-state index contributed by atoms with van der Waals surface area (Å²) in [5, 5.41) is 0. The molecule has 48 valence electrons. The van der Waals surface area contributed by atoms with Crippen LogP contribution in [0.5, 0.6) is 0 Å². The normalized spacial score (nSPS) is 10.1. The molecular formula is C6H4FILiN. The zero-order valence-electron chi connectivity index (χ0n) is 5.78. The topological polar surface area (TPSA) is 12.9 Å². The van der Waals surface area contributed by atoms with E-state index in [4.69, 9.17) is 0 Å². The number of aromatic nitrogens is 1. The van der Waals surface area contributed by atoms with Gasteiger partial charge in [0.1, 0.15) is 0 Å². The van der Waals surface area contributed by atoms with Gasteiger partial charge in [-0.05, 0) is 0 Å². The van der Waals surface area contributed by atoms with Crippen molar-refractivity contribution < 1.29 is 4.39 Å². The average molecular weight is 243 g/mol. The Hall–Kier alpha value is 0.407. The molecule has 1 rings (SSSR count). The fourth-order valence-electron chi connectivity index (χ4n) is 0.635. The van der Waals surface area contributed by atoms with E-state index in [1.165, 1.54) is 0 Å². The summed E-state index contributed by atoms with van der Waals surface area (Å²) in [6.07, 6.45) is 1.55. The monoisotopic (exact) mass is 243 g/mol. The molecule has 10 heavy (non-hydrogen) atoms. The number of hydrogen-bond donors (Lipinski definition) is 0. The third kappa shape index (κ3) is 1.52. The molecule has 0 unspecified atom stereocenters. The number of nitrogens with zero attached hydrogens (tertiary/aromatic N) is 1. The van der Waals surface area contributed by atoms with Crippen LogP contribution in [0, 0.1) is 16.4 Å². The second kappa shape index (κ2) is 3.20. The fourth-order valence-corrected chi connectivity index (χ4v) is 1.20. The molecule has 0 fully saturated rings. The van der Waals surface area contributed by atoms with Gasteiger partial charge in [-0.3, -0.25) is 0 Å². The Bertz CT molecular complexity index is 237. The van der Waals surface area contributed by atoms with Crippen LogP contribution in [-0.4, -0.2) is 22.7 Å². The van der Waals surface area contributed by atoms with Gasteiger partial charge in [0.2, 0.25) is 0 Å². The van der Waals surface area contributed by atoms with Crippen LogP contribution in [0.2, 0.25) is 0 Å². The molecule has 1 aromatic rings. The molecule has 0 aliphatic rings. The number of pyridine rings is 1. The van der Waals surface area contributed by atoms with Crippen molar-refractivity contribution in [3.8, 4) is 0 Å². The van der Waals surface area contributed by atoms with Gasteiger partial charge in [0.05, 0.1) is 0 Å². The second-order valence-corrected chi connectivity index (χ2v) is 3.25. The van der Waals surface area contributed by atoms with Crippen LogP contribution in [-0.2, 0) is 0 Å². The molecule has 1 heterocycles. The molecule has 0 radical (unpaired) electrons. The first kappa shape index (κ1) is 8.50. The number of aryl methyl sites for hydroxylation is 1. The van der Waals surface area contributed by atoms with Gasteiger partial charge in [-0.15, -0.1) is 0 Å². The molecule has 0 spiro atoms. The molecule has 0 saturated heterocycles. The first-order valence-corrected chi connectivity index (χ1v) is 3.98. The van der Waals surface area contributed by atoms with Crippen LogP contribution < -0.4 is 4.24 Å². The van der Waals surface area contributed by atoms with Gasteiger partial charge in [0, 0.05) is 0 Å². The van der Waals surface area contributed by atoms with E-state index in [0.29, 0.717) is 3.57 Å². The van der Waals surface area contributed by atoms with Gasteiger partial charge < -0.3 is 0 Å². The van der Waals surface area contributed by atoms with Gasteiger partial charge in [0.15, 0.2) is 0 Å². The molecule has 0 amide bonds. The summed E-state index contributed by atoms with van der Waals surface area (Å²) >= 11 is 3.85.